The summed E-state index contributed by atoms with van der Waals surface area (Å²) >= 11 is 5.71. The monoisotopic (exact) mass is 322 g/mol. The van der Waals surface area contributed by atoms with Crippen LogP contribution in [0, 0.1) is 13.8 Å². The van der Waals surface area contributed by atoms with Crippen molar-refractivity contribution in [2.45, 2.75) is 26.9 Å². The number of amides is 1. The highest BCUT2D eigenvalue weighted by Crippen LogP contribution is 2.16. The van der Waals surface area contributed by atoms with Crippen molar-refractivity contribution >= 4 is 29.3 Å². The molecule has 0 fully saturated rings. The fraction of sp³-hybridized carbons (Fsp3) is 0.267. The Morgan fingerprint density at radius 2 is 2.09 bits per heavy atom. The molecule has 1 atom stereocenters. The molecule has 0 radical (unpaired) electrons. The standard InChI is InChI=1S/C15H15ClN2O4/c1-8-6-12(9(2)21-8)15(20)22-10(3)14(19)18-13-5-4-11(16)7-17-13/h4-7,10H,1-3H3,(H,17,18,19). The summed E-state index contributed by atoms with van der Waals surface area (Å²) in [4.78, 5) is 27.9. The molecule has 0 spiro atoms. The molecular weight excluding hydrogens is 308 g/mol. The van der Waals surface area contributed by atoms with Gasteiger partial charge in [0.25, 0.3) is 5.91 Å². The Labute approximate surface area is 132 Å². The second-order valence-electron chi connectivity index (χ2n) is 4.73. The largest absolute Gasteiger partial charge is 0.466 e. The number of anilines is 1. The quantitative estimate of drug-likeness (QED) is 0.874. The molecule has 0 aromatic carbocycles. The smallest absolute Gasteiger partial charge is 0.342 e. The van der Waals surface area contributed by atoms with Gasteiger partial charge in [0.05, 0.1) is 5.02 Å². The molecule has 2 aromatic heterocycles. The number of hydrogen-bond donors (Lipinski definition) is 1. The molecule has 0 bridgehead atoms. The molecular formula is C15H15ClN2O4. The van der Waals surface area contributed by atoms with Crippen molar-refractivity contribution in [3.63, 3.8) is 0 Å². The molecule has 2 rings (SSSR count). The van der Waals surface area contributed by atoms with E-state index in [2.05, 4.69) is 10.3 Å². The third-order valence-electron chi connectivity index (χ3n) is 2.89. The third-order valence-corrected chi connectivity index (χ3v) is 3.12. The number of ether oxygens (including phenoxy) is 1. The molecule has 6 nitrogen and oxygen atoms in total. The van der Waals surface area contributed by atoms with Crippen LogP contribution >= 0.6 is 11.6 Å². The molecule has 2 aromatic rings. The van der Waals surface area contributed by atoms with E-state index in [1.165, 1.54) is 13.1 Å². The van der Waals surface area contributed by atoms with E-state index in [4.69, 9.17) is 20.8 Å². The molecule has 0 saturated carbocycles. The van der Waals surface area contributed by atoms with E-state index < -0.39 is 18.0 Å². The van der Waals surface area contributed by atoms with Crippen LogP contribution in [0.1, 0.15) is 28.8 Å². The number of carbonyl (C=O) groups excluding carboxylic acids is 2. The zero-order chi connectivity index (χ0) is 16.3. The van der Waals surface area contributed by atoms with E-state index in [9.17, 15) is 9.59 Å². The molecule has 7 heteroatoms. The Balaban J connectivity index is 1.97. The van der Waals surface area contributed by atoms with Crippen LogP contribution in [0.5, 0.6) is 0 Å². The summed E-state index contributed by atoms with van der Waals surface area (Å²) in [6.45, 7) is 4.86. The number of rotatable bonds is 4. The first-order chi connectivity index (χ1) is 10.4. The fourth-order valence-electron chi connectivity index (χ4n) is 1.79. The van der Waals surface area contributed by atoms with E-state index in [1.807, 2.05) is 0 Å². The van der Waals surface area contributed by atoms with E-state index in [0.717, 1.165) is 0 Å². The topological polar surface area (TPSA) is 81.4 Å². The second kappa shape index (κ2) is 6.62. The predicted molar refractivity (Wildman–Crippen MR) is 80.9 cm³/mol. The van der Waals surface area contributed by atoms with Gasteiger partial charge in [-0.3, -0.25) is 4.79 Å². The highest BCUT2D eigenvalue weighted by Gasteiger charge is 2.22. The van der Waals surface area contributed by atoms with Gasteiger partial charge in [-0.1, -0.05) is 11.6 Å². The Hall–Kier alpha value is -2.34. The number of nitrogens with one attached hydrogen (secondary N) is 1. The Morgan fingerprint density at radius 3 is 2.64 bits per heavy atom. The molecule has 1 unspecified atom stereocenters. The number of halogens is 1. The summed E-state index contributed by atoms with van der Waals surface area (Å²) in [5.74, 6) is 0.288. The summed E-state index contributed by atoms with van der Waals surface area (Å²) < 4.78 is 10.4. The van der Waals surface area contributed by atoms with E-state index in [0.29, 0.717) is 27.9 Å². The minimum Gasteiger partial charge on any atom is -0.466 e. The average molecular weight is 323 g/mol. The number of carbonyl (C=O) groups is 2. The lowest BCUT2D eigenvalue weighted by Crippen LogP contribution is -2.30. The van der Waals surface area contributed by atoms with Crippen molar-refractivity contribution in [2.24, 2.45) is 0 Å². The predicted octanol–water partition coefficient (Wildman–Crippen LogP) is 3.13. The van der Waals surface area contributed by atoms with Gasteiger partial charge in [-0.2, -0.15) is 0 Å². The second-order valence-corrected chi connectivity index (χ2v) is 5.16. The van der Waals surface area contributed by atoms with Crippen molar-refractivity contribution in [1.82, 2.24) is 4.98 Å². The van der Waals surface area contributed by atoms with Crippen molar-refractivity contribution in [2.75, 3.05) is 5.32 Å². The van der Waals surface area contributed by atoms with Crippen LogP contribution in [0.3, 0.4) is 0 Å². The summed E-state index contributed by atoms with van der Waals surface area (Å²) in [6, 6.07) is 4.72. The van der Waals surface area contributed by atoms with Crippen LogP contribution in [0.25, 0.3) is 0 Å². The number of hydrogen-bond acceptors (Lipinski definition) is 5. The lowest BCUT2D eigenvalue weighted by atomic mass is 10.2. The molecule has 1 amide bonds. The minimum atomic E-state index is -0.973. The Kier molecular flexibility index (Phi) is 4.82. The average Bonchev–Trinajstić information content (AvgIpc) is 2.80. The first-order valence-electron chi connectivity index (χ1n) is 6.57. The summed E-state index contributed by atoms with van der Waals surface area (Å²) in [5, 5.41) is 3.00. The van der Waals surface area contributed by atoms with Gasteiger partial charge < -0.3 is 14.5 Å². The highest BCUT2D eigenvalue weighted by atomic mass is 35.5. The lowest BCUT2D eigenvalue weighted by Gasteiger charge is -2.12. The Morgan fingerprint density at radius 1 is 1.36 bits per heavy atom. The van der Waals surface area contributed by atoms with Crippen molar-refractivity contribution in [3.05, 3.63) is 46.5 Å². The molecule has 0 saturated heterocycles. The van der Waals surface area contributed by atoms with Crippen molar-refractivity contribution in [3.8, 4) is 0 Å². The maximum Gasteiger partial charge on any atom is 0.342 e. The Bertz CT molecular complexity index is 694. The number of aromatic nitrogens is 1. The van der Waals surface area contributed by atoms with Crippen LogP contribution in [0.2, 0.25) is 5.02 Å². The number of esters is 1. The van der Waals surface area contributed by atoms with Gasteiger partial charge in [0.1, 0.15) is 22.9 Å². The normalized spacial score (nSPS) is 11.8. The van der Waals surface area contributed by atoms with Gasteiger partial charge in [-0.05, 0) is 39.0 Å². The molecule has 0 aliphatic rings. The number of nitrogens with zero attached hydrogens (tertiary/aromatic N) is 1. The maximum absolute atomic E-state index is 12.0. The molecule has 0 aliphatic heterocycles. The fourth-order valence-corrected chi connectivity index (χ4v) is 1.90. The number of furan rings is 1. The van der Waals surface area contributed by atoms with Crippen LogP contribution in [0.4, 0.5) is 5.82 Å². The van der Waals surface area contributed by atoms with Gasteiger partial charge in [-0.15, -0.1) is 0 Å². The van der Waals surface area contributed by atoms with Gasteiger partial charge in [0.2, 0.25) is 0 Å². The van der Waals surface area contributed by atoms with Gasteiger partial charge in [-0.25, -0.2) is 9.78 Å². The molecule has 22 heavy (non-hydrogen) atoms. The first-order valence-corrected chi connectivity index (χ1v) is 6.95. The van der Waals surface area contributed by atoms with Crippen molar-refractivity contribution < 1.29 is 18.7 Å². The van der Waals surface area contributed by atoms with Gasteiger partial charge >= 0.3 is 5.97 Å². The van der Waals surface area contributed by atoms with Crippen molar-refractivity contribution in [1.29, 1.82) is 0 Å². The van der Waals surface area contributed by atoms with Gasteiger partial charge in [0, 0.05) is 6.20 Å². The summed E-state index contributed by atoms with van der Waals surface area (Å²) in [6.07, 6.45) is 0.436. The number of aryl methyl sites for hydroxylation is 2. The number of pyridine rings is 1. The van der Waals surface area contributed by atoms with Crippen LogP contribution in [-0.2, 0) is 9.53 Å². The van der Waals surface area contributed by atoms with Gasteiger partial charge in [0.15, 0.2) is 6.10 Å². The minimum absolute atomic E-state index is 0.307. The van der Waals surface area contributed by atoms with Crippen LogP contribution in [0.15, 0.2) is 28.8 Å². The summed E-state index contributed by atoms with van der Waals surface area (Å²) in [5.41, 5.74) is 0.307. The van der Waals surface area contributed by atoms with E-state index >= 15 is 0 Å². The molecule has 1 N–H and O–H groups in total. The zero-order valence-electron chi connectivity index (χ0n) is 12.3. The van der Waals surface area contributed by atoms with Crippen LogP contribution in [-0.4, -0.2) is 23.0 Å². The van der Waals surface area contributed by atoms with Crippen LogP contribution < -0.4 is 5.32 Å². The maximum atomic E-state index is 12.0. The lowest BCUT2D eigenvalue weighted by molar-refractivity contribution is -0.123. The molecule has 116 valence electrons. The third kappa shape index (κ3) is 3.85. The summed E-state index contributed by atoms with van der Waals surface area (Å²) in [7, 11) is 0. The first kappa shape index (κ1) is 16.0. The highest BCUT2D eigenvalue weighted by molar-refractivity contribution is 6.30. The SMILES string of the molecule is Cc1cc(C(=O)OC(C)C(=O)Nc2ccc(Cl)cn2)c(C)o1. The zero-order valence-corrected chi connectivity index (χ0v) is 13.1. The molecule has 0 aliphatic carbocycles. The van der Waals surface area contributed by atoms with E-state index in [1.54, 1.807) is 32.0 Å². The molecule has 2 heterocycles. The van der Waals surface area contributed by atoms with E-state index in [-0.39, 0.29) is 0 Å².